The van der Waals surface area contributed by atoms with Crippen molar-refractivity contribution in [1.29, 1.82) is 0 Å². The summed E-state index contributed by atoms with van der Waals surface area (Å²) in [6.07, 6.45) is 3.85. The van der Waals surface area contributed by atoms with Gasteiger partial charge in [-0.3, -0.25) is 4.99 Å². The number of benzene rings is 1. The maximum Gasteiger partial charge on any atom is 0.191 e. The van der Waals surface area contributed by atoms with Crippen molar-refractivity contribution in [2.24, 2.45) is 16.3 Å². The van der Waals surface area contributed by atoms with Crippen molar-refractivity contribution >= 4 is 35.6 Å². The highest BCUT2D eigenvalue weighted by Crippen LogP contribution is 2.52. The Hall–Kier alpha value is -1.02. The van der Waals surface area contributed by atoms with Crippen molar-refractivity contribution < 1.29 is 4.74 Å². The molecule has 0 amide bonds. The smallest absolute Gasteiger partial charge is 0.191 e. The molecule has 3 unspecified atom stereocenters. The predicted octanol–water partition coefficient (Wildman–Crippen LogP) is 3.25. The second kappa shape index (κ2) is 8.55. The molecule has 1 aromatic carbocycles. The monoisotopic (exact) mass is 484 g/mol. The first-order valence-electron chi connectivity index (χ1n) is 10.0. The lowest BCUT2D eigenvalue weighted by atomic mass is 9.57. The minimum atomic E-state index is 0. The molecule has 2 aliphatic heterocycles. The fraction of sp³-hybridized carbons (Fsp3) is 0.667. The molecule has 0 bridgehead atoms. The van der Waals surface area contributed by atoms with E-state index in [0.717, 1.165) is 44.9 Å². The summed E-state index contributed by atoms with van der Waals surface area (Å²) in [5.74, 6) is 1.58. The van der Waals surface area contributed by atoms with E-state index >= 15 is 0 Å². The molecule has 150 valence electrons. The van der Waals surface area contributed by atoms with E-state index in [-0.39, 0.29) is 29.4 Å². The summed E-state index contributed by atoms with van der Waals surface area (Å²) in [5.41, 5.74) is 1.51. The number of anilines is 1. The van der Waals surface area contributed by atoms with Gasteiger partial charge >= 0.3 is 0 Å². The van der Waals surface area contributed by atoms with Crippen LogP contribution in [0.4, 0.5) is 5.69 Å². The van der Waals surface area contributed by atoms with Gasteiger partial charge in [0.05, 0.1) is 6.10 Å². The van der Waals surface area contributed by atoms with Crippen molar-refractivity contribution in [1.82, 2.24) is 10.6 Å². The van der Waals surface area contributed by atoms with Crippen LogP contribution in [0, 0.1) is 11.3 Å². The topological polar surface area (TPSA) is 48.9 Å². The predicted molar refractivity (Wildman–Crippen MR) is 122 cm³/mol. The summed E-state index contributed by atoms with van der Waals surface area (Å²) in [7, 11) is 1.88. The van der Waals surface area contributed by atoms with Crippen molar-refractivity contribution in [3.8, 4) is 0 Å². The highest BCUT2D eigenvalue weighted by Gasteiger charge is 2.59. The van der Waals surface area contributed by atoms with E-state index in [1.807, 2.05) is 7.05 Å². The Bertz CT molecular complexity index is 643. The molecule has 5 nitrogen and oxygen atoms in total. The molecular formula is C21H33IN4O. The van der Waals surface area contributed by atoms with Crippen LogP contribution in [0.3, 0.4) is 0 Å². The summed E-state index contributed by atoms with van der Waals surface area (Å²) in [5, 5.41) is 7.37. The van der Waals surface area contributed by atoms with Crippen LogP contribution in [0.15, 0.2) is 35.3 Å². The van der Waals surface area contributed by atoms with E-state index in [0.29, 0.717) is 24.1 Å². The molecule has 0 radical (unpaired) electrons. The first-order valence-corrected chi connectivity index (χ1v) is 10.0. The number of rotatable bonds is 3. The van der Waals surface area contributed by atoms with Crippen LogP contribution in [-0.4, -0.2) is 50.9 Å². The molecule has 3 aliphatic rings. The highest BCUT2D eigenvalue weighted by molar-refractivity contribution is 14.0. The average Bonchev–Trinajstić information content (AvgIpc) is 3.13. The zero-order chi connectivity index (χ0) is 18.1. The quantitative estimate of drug-likeness (QED) is 0.393. The number of nitrogens with zero attached hydrogens (tertiary/aromatic N) is 2. The Morgan fingerprint density at radius 2 is 1.81 bits per heavy atom. The Morgan fingerprint density at radius 3 is 2.48 bits per heavy atom. The van der Waals surface area contributed by atoms with Gasteiger partial charge in [-0.05, 0) is 31.4 Å². The molecule has 1 aliphatic carbocycles. The molecule has 4 rings (SSSR count). The minimum absolute atomic E-state index is 0. The third-order valence-electron chi connectivity index (χ3n) is 6.57. The lowest BCUT2D eigenvalue weighted by molar-refractivity contribution is -0.106. The van der Waals surface area contributed by atoms with Gasteiger partial charge in [0.25, 0.3) is 0 Å². The van der Waals surface area contributed by atoms with Gasteiger partial charge in [0.1, 0.15) is 0 Å². The number of ether oxygens (including phenoxy) is 1. The number of halogens is 1. The van der Waals surface area contributed by atoms with Gasteiger partial charge in [-0.1, -0.05) is 32.0 Å². The fourth-order valence-corrected chi connectivity index (χ4v) is 5.05. The van der Waals surface area contributed by atoms with Gasteiger partial charge in [-0.15, -0.1) is 24.0 Å². The highest BCUT2D eigenvalue weighted by atomic mass is 127. The number of nitrogens with one attached hydrogen (secondary N) is 2. The van der Waals surface area contributed by atoms with Crippen molar-refractivity contribution in [2.45, 2.75) is 51.3 Å². The summed E-state index contributed by atoms with van der Waals surface area (Å²) >= 11 is 0. The fourth-order valence-electron chi connectivity index (χ4n) is 5.05. The molecule has 2 saturated heterocycles. The third kappa shape index (κ3) is 4.06. The van der Waals surface area contributed by atoms with Crippen LogP contribution in [0.5, 0.6) is 0 Å². The lowest BCUT2D eigenvalue weighted by Crippen LogP contribution is -2.68. The zero-order valence-corrected chi connectivity index (χ0v) is 19.0. The summed E-state index contributed by atoms with van der Waals surface area (Å²) < 4.78 is 5.91. The standard InChI is InChI=1S/C21H32N4O.HI/c1-21(2)18(17-11-14-26-19(17)21)24-20(22-3)23-15-9-12-25(13-10-15)16-7-5-4-6-8-16;/h4-8,15,17-19H,9-14H2,1-3H3,(H2,22,23,24);1H. The second-order valence-electron chi connectivity index (χ2n) is 8.50. The zero-order valence-electron chi connectivity index (χ0n) is 16.6. The van der Waals surface area contributed by atoms with Gasteiger partial charge in [-0.25, -0.2) is 0 Å². The minimum Gasteiger partial charge on any atom is -0.377 e. The molecule has 2 N–H and O–H groups in total. The molecule has 0 aromatic heterocycles. The molecular weight excluding hydrogens is 451 g/mol. The molecule has 3 atom stereocenters. The Labute approximate surface area is 180 Å². The molecule has 27 heavy (non-hydrogen) atoms. The van der Waals surface area contributed by atoms with E-state index in [1.165, 1.54) is 5.69 Å². The maximum atomic E-state index is 5.91. The van der Waals surface area contributed by atoms with E-state index in [1.54, 1.807) is 0 Å². The normalized spacial score (nSPS) is 30.1. The van der Waals surface area contributed by atoms with E-state index in [4.69, 9.17) is 4.74 Å². The number of hydrogen-bond donors (Lipinski definition) is 2. The Kier molecular flexibility index (Phi) is 6.56. The van der Waals surface area contributed by atoms with Gasteiger partial charge in [0.15, 0.2) is 5.96 Å². The average molecular weight is 484 g/mol. The molecule has 2 heterocycles. The van der Waals surface area contributed by atoms with Gasteiger partial charge < -0.3 is 20.3 Å². The maximum absolute atomic E-state index is 5.91. The van der Waals surface area contributed by atoms with Crippen molar-refractivity contribution in [2.75, 3.05) is 31.6 Å². The lowest BCUT2D eigenvalue weighted by Gasteiger charge is -2.55. The van der Waals surface area contributed by atoms with Crippen LogP contribution in [-0.2, 0) is 4.74 Å². The summed E-state index contributed by atoms with van der Waals surface area (Å²) in [4.78, 5) is 6.98. The third-order valence-corrected chi connectivity index (χ3v) is 6.57. The van der Waals surface area contributed by atoms with E-state index < -0.39 is 0 Å². The molecule has 1 aromatic rings. The van der Waals surface area contributed by atoms with Crippen LogP contribution in [0.1, 0.15) is 33.1 Å². The number of piperidine rings is 1. The van der Waals surface area contributed by atoms with E-state index in [9.17, 15) is 0 Å². The van der Waals surface area contributed by atoms with Crippen LogP contribution >= 0.6 is 24.0 Å². The van der Waals surface area contributed by atoms with Crippen molar-refractivity contribution in [3.05, 3.63) is 30.3 Å². The second-order valence-corrected chi connectivity index (χ2v) is 8.50. The van der Waals surface area contributed by atoms with Crippen LogP contribution in [0.25, 0.3) is 0 Å². The van der Waals surface area contributed by atoms with Crippen molar-refractivity contribution in [3.63, 3.8) is 0 Å². The number of aliphatic imine (C=N–C) groups is 1. The Morgan fingerprint density at radius 1 is 1.11 bits per heavy atom. The Balaban J connectivity index is 0.00000210. The first-order chi connectivity index (χ1) is 12.6. The first kappa shape index (κ1) is 20.7. The largest absolute Gasteiger partial charge is 0.377 e. The number of hydrogen-bond acceptors (Lipinski definition) is 3. The van der Waals surface area contributed by atoms with Gasteiger partial charge in [0.2, 0.25) is 0 Å². The number of fused-ring (bicyclic) bond motifs is 1. The van der Waals surface area contributed by atoms with E-state index in [2.05, 4.69) is 64.7 Å². The SMILES string of the molecule is CN=C(NC1CCN(c2ccccc2)CC1)NC1C2CCOC2C1(C)C.I. The summed E-state index contributed by atoms with van der Waals surface area (Å²) in [6.45, 7) is 7.70. The molecule has 3 fully saturated rings. The number of para-hydroxylation sites is 1. The number of guanidine groups is 1. The molecule has 0 spiro atoms. The van der Waals surface area contributed by atoms with Gasteiger partial charge in [0, 0.05) is 55.8 Å². The summed E-state index contributed by atoms with van der Waals surface area (Å²) in [6, 6.07) is 11.7. The van der Waals surface area contributed by atoms with Crippen LogP contribution < -0.4 is 15.5 Å². The van der Waals surface area contributed by atoms with Gasteiger partial charge in [-0.2, -0.15) is 0 Å². The molecule has 6 heteroatoms. The molecule has 1 saturated carbocycles. The van der Waals surface area contributed by atoms with Crippen LogP contribution in [0.2, 0.25) is 0 Å².